The van der Waals surface area contributed by atoms with Crippen molar-refractivity contribution in [3.8, 4) is 5.75 Å². The van der Waals surface area contributed by atoms with Crippen molar-refractivity contribution in [1.29, 1.82) is 0 Å². The first kappa shape index (κ1) is 24.2. The predicted molar refractivity (Wildman–Crippen MR) is 137 cm³/mol. The number of carbonyl (C=O) groups is 3. The third-order valence-electron chi connectivity index (χ3n) is 7.37. The highest BCUT2D eigenvalue weighted by atomic mass is 16.5. The molecule has 1 saturated carbocycles. The molecule has 2 fully saturated rings. The second-order valence-electron chi connectivity index (χ2n) is 10.0. The van der Waals surface area contributed by atoms with Gasteiger partial charge in [0.2, 0.25) is 0 Å². The Morgan fingerprint density at radius 3 is 2.31 bits per heavy atom. The van der Waals surface area contributed by atoms with Crippen molar-refractivity contribution in [2.75, 3.05) is 18.4 Å². The number of nitrogens with zero attached hydrogens (tertiary/aromatic N) is 1. The van der Waals surface area contributed by atoms with Crippen molar-refractivity contribution >= 4 is 23.5 Å². The topological polar surface area (TPSA) is 99.8 Å². The van der Waals surface area contributed by atoms with Gasteiger partial charge in [0.1, 0.15) is 5.75 Å². The average molecular weight is 491 g/mol. The predicted octanol–water partition coefficient (Wildman–Crippen LogP) is 3.87. The molecule has 190 valence electrons. The summed E-state index contributed by atoms with van der Waals surface area (Å²) in [7, 11) is 0. The largest absolute Gasteiger partial charge is 0.480 e. The molecule has 2 aromatic rings. The Morgan fingerprint density at radius 1 is 0.833 bits per heavy atom. The van der Waals surface area contributed by atoms with Crippen molar-refractivity contribution in [1.82, 2.24) is 15.5 Å². The molecule has 1 atom stereocenters. The maximum Gasteiger partial charge on any atom is 0.315 e. The molecule has 1 unspecified atom stereocenters. The fourth-order valence-corrected chi connectivity index (χ4v) is 5.35. The fraction of sp³-hybridized carbons (Fsp3) is 0.464. The molecular formula is C28H34N4O4. The number of hydrogen-bond acceptors (Lipinski definition) is 4. The summed E-state index contributed by atoms with van der Waals surface area (Å²) in [4.78, 5) is 40.0. The zero-order chi connectivity index (χ0) is 24.9. The Morgan fingerprint density at radius 2 is 1.56 bits per heavy atom. The Hall–Kier alpha value is -3.55. The third-order valence-corrected chi connectivity index (χ3v) is 7.37. The summed E-state index contributed by atoms with van der Waals surface area (Å²) in [5.74, 6) is 0.445. The van der Waals surface area contributed by atoms with E-state index in [1.807, 2.05) is 29.2 Å². The quantitative estimate of drug-likeness (QED) is 0.593. The van der Waals surface area contributed by atoms with E-state index >= 15 is 0 Å². The van der Waals surface area contributed by atoms with Crippen molar-refractivity contribution in [2.45, 2.75) is 69.6 Å². The molecule has 3 N–H and O–H groups in total. The second-order valence-corrected chi connectivity index (χ2v) is 10.0. The Bertz CT molecular complexity index is 1080. The number of amides is 4. The van der Waals surface area contributed by atoms with Crippen LogP contribution in [0, 0.1) is 0 Å². The van der Waals surface area contributed by atoms with Gasteiger partial charge in [-0.3, -0.25) is 9.59 Å². The minimum Gasteiger partial charge on any atom is -0.480 e. The molecule has 2 heterocycles. The molecule has 2 aliphatic heterocycles. The molecule has 2 aromatic carbocycles. The van der Waals surface area contributed by atoms with Crippen LogP contribution in [0.25, 0.3) is 0 Å². The highest BCUT2D eigenvalue weighted by molar-refractivity contribution is 5.98. The third kappa shape index (κ3) is 5.80. The SMILES string of the molecule is O=C(NC1CCCCC1)NC1CCN(C(=O)c2cccc(NC(=O)C3Cc4ccccc4O3)c2)CC1. The lowest BCUT2D eigenvalue weighted by Gasteiger charge is -2.33. The number of fused-ring (bicyclic) bond motifs is 1. The Balaban J connectivity index is 1.10. The number of urea groups is 1. The van der Waals surface area contributed by atoms with E-state index in [4.69, 9.17) is 4.74 Å². The number of para-hydroxylation sites is 1. The molecule has 0 aromatic heterocycles. The van der Waals surface area contributed by atoms with Gasteiger partial charge in [-0.2, -0.15) is 0 Å². The van der Waals surface area contributed by atoms with Crippen LogP contribution in [0.4, 0.5) is 10.5 Å². The van der Waals surface area contributed by atoms with Crippen LogP contribution in [-0.4, -0.2) is 54.0 Å². The fourth-order valence-electron chi connectivity index (χ4n) is 5.35. The van der Waals surface area contributed by atoms with Crippen LogP contribution in [0.2, 0.25) is 0 Å². The number of nitrogens with one attached hydrogen (secondary N) is 3. The molecule has 8 nitrogen and oxygen atoms in total. The second kappa shape index (κ2) is 11.0. The van der Waals surface area contributed by atoms with E-state index in [1.54, 1.807) is 24.3 Å². The maximum atomic E-state index is 13.1. The Labute approximate surface area is 211 Å². The van der Waals surface area contributed by atoms with E-state index in [0.717, 1.165) is 37.0 Å². The van der Waals surface area contributed by atoms with E-state index in [-0.39, 0.29) is 29.9 Å². The summed E-state index contributed by atoms with van der Waals surface area (Å²) >= 11 is 0. The van der Waals surface area contributed by atoms with Gasteiger partial charge in [-0.25, -0.2) is 4.79 Å². The highest BCUT2D eigenvalue weighted by Gasteiger charge is 2.29. The monoisotopic (exact) mass is 490 g/mol. The van der Waals surface area contributed by atoms with Crippen LogP contribution >= 0.6 is 0 Å². The summed E-state index contributed by atoms with van der Waals surface area (Å²) in [6.07, 6.45) is 7.12. The van der Waals surface area contributed by atoms with E-state index in [1.165, 1.54) is 19.3 Å². The number of hydrogen-bond donors (Lipinski definition) is 3. The number of anilines is 1. The number of piperidine rings is 1. The molecule has 1 saturated heterocycles. The first-order chi connectivity index (χ1) is 17.5. The van der Waals surface area contributed by atoms with Gasteiger partial charge in [0, 0.05) is 42.8 Å². The molecule has 3 aliphatic rings. The van der Waals surface area contributed by atoms with Gasteiger partial charge in [0.15, 0.2) is 6.10 Å². The lowest BCUT2D eigenvalue weighted by Crippen LogP contribution is -2.51. The molecule has 0 radical (unpaired) electrons. The molecule has 8 heteroatoms. The summed E-state index contributed by atoms with van der Waals surface area (Å²) in [6.45, 7) is 1.16. The summed E-state index contributed by atoms with van der Waals surface area (Å²) in [5.41, 5.74) is 2.12. The van der Waals surface area contributed by atoms with Crippen molar-refractivity contribution in [2.24, 2.45) is 0 Å². The first-order valence-corrected chi connectivity index (χ1v) is 13.1. The minimum absolute atomic E-state index is 0.0683. The lowest BCUT2D eigenvalue weighted by molar-refractivity contribution is -0.122. The minimum atomic E-state index is -0.580. The number of ether oxygens (including phenoxy) is 1. The van der Waals surface area contributed by atoms with E-state index in [0.29, 0.717) is 30.8 Å². The van der Waals surface area contributed by atoms with Gasteiger partial charge < -0.3 is 25.6 Å². The van der Waals surface area contributed by atoms with E-state index in [9.17, 15) is 14.4 Å². The van der Waals surface area contributed by atoms with Gasteiger partial charge in [-0.1, -0.05) is 43.5 Å². The first-order valence-electron chi connectivity index (χ1n) is 13.1. The number of carbonyl (C=O) groups excluding carboxylic acids is 3. The standard InChI is InChI=1S/C28H34N4O4/c33-26(25-18-19-7-4-5-12-24(19)36-25)29-23-11-6-8-20(17-23)27(34)32-15-13-22(14-16-32)31-28(35)30-21-9-2-1-3-10-21/h4-8,11-12,17,21-22,25H,1-3,9-10,13-16,18H2,(H,29,33)(H2,30,31,35). The van der Waals surface area contributed by atoms with Gasteiger partial charge in [-0.05, 0) is 55.5 Å². The molecule has 4 amide bonds. The lowest BCUT2D eigenvalue weighted by atomic mass is 9.96. The smallest absolute Gasteiger partial charge is 0.315 e. The molecule has 0 bridgehead atoms. The molecule has 1 aliphatic carbocycles. The van der Waals surface area contributed by atoms with E-state index < -0.39 is 6.10 Å². The van der Waals surface area contributed by atoms with Crippen LogP contribution in [0.3, 0.4) is 0 Å². The zero-order valence-electron chi connectivity index (χ0n) is 20.5. The molecular weight excluding hydrogens is 456 g/mol. The van der Waals surface area contributed by atoms with Gasteiger partial charge in [0.05, 0.1) is 0 Å². The van der Waals surface area contributed by atoms with Crippen molar-refractivity contribution in [3.05, 3.63) is 59.7 Å². The van der Waals surface area contributed by atoms with Crippen molar-refractivity contribution < 1.29 is 19.1 Å². The summed E-state index contributed by atoms with van der Waals surface area (Å²) in [5, 5.41) is 9.07. The molecule has 5 rings (SSSR count). The maximum absolute atomic E-state index is 13.1. The highest BCUT2D eigenvalue weighted by Crippen LogP contribution is 2.29. The van der Waals surface area contributed by atoms with Crippen LogP contribution in [-0.2, 0) is 11.2 Å². The summed E-state index contributed by atoms with van der Waals surface area (Å²) in [6, 6.07) is 14.9. The van der Waals surface area contributed by atoms with Gasteiger partial charge in [0.25, 0.3) is 11.8 Å². The van der Waals surface area contributed by atoms with Crippen LogP contribution < -0.4 is 20.7 Å². The van der Waals surface area contributed by atoms with E-state index in [2.05, 4.69) is 16.0 Å². The zero-order valence-corrected chi connectivity index (χ0v) is 20.5. The van der Waals surface area contributed by atoms with Gasteiger partial charge in [-0.15, -0.1) is 0 Å². The summed E-state index contributed by atoms with van der Waals surface area (Å²) < 4.78 is 5.77. The van der Waals surface area contributed by atoms with Crippen molar-refractivity contribution in [3.63, 3.8) is 0 Å². The molecule has 36 heavy (non-hydrogen) atoms. The van der Waals surface area contributed by atoms with Crippen LogP contribution in [0.5, 0.6) is 5.75 Å². The number of benzene rings is 2. The number of rotatable bonds is 5. The Kier molecular flexibility index (Phi) is 7.39. The van der Waals surface area contributed by atoms with Crippen LogP contribution in [0.1, 0.15) is 60.9 Å². The average Bonchev–Trinajstić information content (AvgIpc) is 3.34. The number of likely N-dealkylation sites (tertiary alicyclic amines) is 1. The molecule has 0 spiro atoms. The normalized spacial score (nSPS) is 20.2. The van der Waals surface area contributed by atoms with Crippen LogP contribution in [0.15, 0.2) is 48.5 Å². The van der Waals surface area contributed by atoms with Gasteiger partial charge >= 0.3 is 6.03 Å².